The Labute approximate surface area is 134 Å². The summed E-state index contributed by atoms with van der Waals surface area (Å²) in [7, 11) is 0. The van der Waals surface area contributed by atoms with Crippen molar-refractivity contribution in [3.63, 3.8) is 0 Å². The van der Waals surface area contributed by atoms with E-state index in [0.717, 1.165) is 17.0 Å². The molecule has 0 fully saturated rings. The van der Waals surface area contributed by atoms with Crippen molar-refractivity contribution in [2.75, 3.05) is 5.32 Å². The number of thioether (sulfide) groups is 1. The molecule has 0 aromatic heterocycles. The summed E-state index contributed by atoms with van der Waals surface area (Å²) in [6, 6.07) is 14.6. The van der Waals surface area contributed by atoms with E-state index in [4.69, 9.17) is 12.2 Å². The van der Waals surface area contributed by atoms with Crippen LogP contribution in [-0.2, 0) is 5.75 Å². The number of halogens is 1. The first-order chi connectivity index (χ1) is 10.1. The summed E-state index contributed by atoms with van der Waals surface area (Å²) in [5.41, 5.74) is 3.29. The zero-order valence-electron chi connectivity index (χ0n) is 11.7. The Balaban J connectivity index is 1.77. The third-order valence-corrected chi connectivity index (χ3v) is 3.86. The Morgan fingerprint density at radius 1 is 1.14 bits per heavy atom. The lowest BCUT2D eigenvalue weighted by Crippen LogP contribution is -2.04. The van der Waals surface area contributed by atoms with Gasteiger partial charge in [0.1, 0.15) is 10.8 Å². The molecular formula is C17H16FNS2. The van der Waals surface area contributed by atoms with Gasteiger partial charge in [0.2, 0.25) is 0 Å². The molecule has 0 aliphatic rings. The van der Waals surface area contributed by atoms with E-state index < -0.39 is 0 Å². The lowest BCUT2D eigenvalue weighted by Gasteiger charge is -2.04. The van der Waals surface area contributed by atoms with E-state index in [0.29, 0.717) is 4.99 Å². The molecule has 0 saturated heterocycles. The number of rotatable bonds is 5. The summed E-state index contributed by atoms with van der Waals surface area (Å²) in [4.78, 5) is 0.672. The smallest absolute Gasteiger partial charge is 0.123 e. The van der Waals surface area contributed by atoms with Crippen LogP contribution in [0.15, 0.2) is 60.0 Å². The van der Waals surface area contributed by atoms with Crippen LogP contribution in [0.2, 0.25) is 0 Å². The van der Waals surface area contributed by atoms with Crippen molar-refractivity contribution in [3.05, 3.63) is 77.0 Å². The Kier molecular flexibility index (Phi) is 5.96. The third kappa shape index (κ3) is 5.69. The standard InChI is InChI=1S/C17H16FNS2/c1-13-2-8-16(9-3-13)19-17(20)10-11-21-12-14-4-6-15(18)7-5-14/h2-11H,12H2,1H3,(H,19,20). The van der Waals surface area contributed by atoms with Gasteiger partial charge in [-0.25, -0.2) is 4.39 Å². The average Bonchev–Trinajstić information content (AvgIpc) is 2.48. The number of thiocarbonyl (C=S) groups is 1. The van der Waals surface area contributed by atoms with Gasteiger partial charge in [0.25, 0.3) is 0 Å². The van der Waals surface area contributed by atoms with Gasteiger partial charge in [-0.3, -0.25) is 0 Å². The molecule has 1 N–H and O–H groups in total. The number of nitrogens with one attached hydrogen (secondary N) is 1. The summed E-state index contributed by atoms with van der Waals surface area (Å²) >= 11 is 6.88. The monoisotopic (exact) mass is 317 g/mol. The van der Waals surface area contributed by atoms with Gasteiger partial charge in [-0.2, -0.15) is 0 Å². The topological polar surface area (TPSA) is 12.0 Å². The second-order valence-corrected chi connectivity index (χ2v) is 5.93. The van der Waals surface area contributed by atoms with Gasteiger partial charge in [0.05, 0.1) is 0 Å². The lowest BCUT2D eigenvalue weighted by molar-refractivity contribution is 0.627. The van der Waals surface area contributed by atoms with Crippen LogP contribution in [0, 0.1) is 12.7 Å². The SMILES string of the molecule is Cc1ccc(NC(=S)C=CSCc2ccc(F)cc2)cc1. The molecule has 0 radical (unpaired) electrons. The molecule has 0 amide bonds. The van der Waals surface area contributed by atoms with Crippen LogP contribution < -0.4 is 5.32 Å². The molecule has 21 heavy (non-hydrogen) atoms. The molecule has 2 aromatic carbocycles. The van der Waals surface area contributed by atoms with E-state index in [2.05, 4.69) is 5.32 Å². The Morgan fingerprint density at radius 2 is 1.81 bits per heavy atom. The van der Waals surface area contributed by atoms with E-state index in [1.165, 1.54) is 17.7 Å². The predicted molar refractivity (Wildman–Crippen MR) is 94.2 cm³/mol. The molecule has 0 aliphatic heterocycles. The largest absolute Gasteiger partial charge is 0.347 e. The van der Waals surface area contributed by atoms with Gasteiger partial charge in [-0.1, -0.05) is 42.0 Å². The van der Waals surface area contributed by atoms with Crippen molar-refractivity contribution in [2.24, 2.45) is 0 Å². The Hall–Kier alpha value is -1.65. The van der Waals surface area contributed by atoms with Crippen LogP contribution in [-0.4, -0.2) is 4.99 Å². The van der Waals surface area contributed by atoms with E-state index in [9.17, 15) is 4.39 Å². The van der Waals surface area contributed by atoms with Crippen molar-refractivity contribution >= 4 is 34.7 Å². The van der Waals surface area contributed by atoms with Crippen molar-refractivity contribution < 1.29 is 4.39 Å². The first-order valence-electron chi connectivity index (χ1n) is 6.54. The molecule has 0 atom stereocenters. The van der Waals surface area contributed by atoms with E-state index in [-0.39, 0.29) is 5.82 Å². The average molecular weight is 317 g/mol. The van der Waals surface area contributed by atoms with Gasteiger partial charge in [-0.15, -0.1) is 11.8 Å². The molecule has 0 unspecified atom stereocenters. The fraction of sp³-hybridized carbons (Fsp3) is 0.118. The fourth-order valence-corrected chi connectivity index (χ4v) is 2.64. The summed E-state index contributed by atoms with van der Waals surface area (Å²) in [6.07, 6.45) is 1.86. The van der Waals surface area contributed by atoms with E-state index in [1.807, 2.05) is 42.7 Å². The molecule has 0 aliphatic carbocycles. The molecule has 0 bridgehead atoms. The minimum absolute atomic E-state index is 0.206. The Morgan fingerprint density at radius 3 is 2.48 bits per heavy atom. The van der Waals surface area contributed by atoms with Crippen molar-refractivity contribution in [3.8, 4) is 0 Å². The third-order valence-electron chi connectivity index (χ3n) is 2.80. The van der Waals surface area contributed by atoms with E-state index in [1.54, 1.807) is 23.9 Å². The van der Waals surface area contributed by atoms with Crippen molar-refractivity contribution in [2.45, 2.75) is 12.7 Å². The first kappa shape index (κ1) is 15.7. The maximum Gasteiger partial charge on any atom is 0.123 e. The van der Waals surface area contributed by atoms with Gasteiger partial charge >= 0.3 is 0 Å². The van der Waals surface area contributed by atoms with Crippen LogP contribution in [0.1, 0.15) is 11.1 Å². The number of anilines is 1. The maximum absolute atomic E-state index is 12.8. The van der Waals surface area contributed by atoms with Crippen LogP contribution in [0.3, 0.4) is 0 Å². The van der Waals surface area contributed by atoms with Gasteiger partial charge in [0.15, 0.2) is 0 Å². The Bertz CT molecular complexity index is 618. The fourth-order valence-electron chi connectivity index (χ4n) is 1.66. The normalized spacial score (nSPS) is 10.8. The number of aryl methyl sites for hydroxylation is 1. The van der Waals surface area contributed by atoms with Crippen molar-refractivity contribution in [1.82, 2.24) is 0 Å². The van der Waals surface area contributed by atoms with Gasteiger partial charge < -0.3 is 5.32 Å². The quantitative estimate of drug-likeness (QED) is 0.592. The summed E-state index contributed by atoms with van der Waals surface area (Å²) in [5, 5.41) is 5.11. The van der Waals surface area contributed by atoms with Crippen LogP contribution in [0.4, 0.5) is 10.1 Å². The zero-order valence-corrected chi connectivity index (χ0v) is 13.3. The minimum Gasteiger partial charge on any atom is -0.347 e. The second-order valence-electron chi connectivity index (χ2n) is 4.60. The molecular weight excluding hydrogens is 301 g/mol. The molecule has 4 heteroatoms. The van der Waals surface area contributed by atoms with Crippen molar-refractivity contribution in [1.29, 1.82) is 0 Å². The summed E-state index contributed by atoms with van der Waals surface area (Å²) in [5.74, 6) is 0.590. The van der Waals surface area contributed by atoms with Crippen LogP contribution >= 0.6 is 24.0 Å². The highest BCUT2D eigenvalue weighted by Crippen LogP contribution is 2.14. The van der Waals surface area contributed by atoms with Gasteiger partial charge in [-0.05, 0) is 48.2 Å². The maximum atomic E-state index is 12.8. The molecule has 2 aromatic rings. The second kappa shape index (κ2) is 7.96. The predicted octanol–water partition coefficient (Wildman–Crippen LogP) is 5.32. The van der Waals surface area contributed by atoms with Crippen LogP contribution in [0.5, 0.6) is 0 Å². The first-order valence-corrected chi connectivity index (χ1v) is 7.99. The lowest BCUT2D eigenvalue weighted by atomic mass is 10.2. The highest BCUT2D eigenvalue weighted by molar-refractivity contribution is 8.01. The minimum atomic E-state index is -0.206. The highest BCUT2D eigenvalue weighted by atomic mass is 32.2. The molecule has 2 rings (SSSR count). The van der Waals surface area contributed by atoms with Gasteiger partial charge in [0, 0.05) is 11.4 Å². The molecule has 0 spiro atoms. The summed E-state index contributed by atoms with van der Waals surface area (Å²) in [6.45, 7) is 2.05. The van der Waals surface area contributed by atoms with E-state index >= 15 is 0 Å². The molecule has 0 saturated carbocycles. The number of hydrogen-bond acceptors (Lipinski definition) is 2. The molecule has 108 valence electrons. The van der Waals surface area contributed by atoms with Crippen LogP contribution in [0.25, 0.3) is 0 Å². The molecule has 0 heterocycles. The number of benzene rings is 2. The summed E-state index contributed by atoms with van der Waals surface area (Å²) < 4.78 is 12.8. The number of hydrogen-bond donors (Lipinski definition) is 1. The molecule has 1 nitrogen and oxygen atoms in total. The zero-order chi connectivity index (χ0) is 15.1. The highest BCUT2D eigenvalue weighted by Gasteiger charge is 1.95.